The first-order valence-electron chi connectivity index (χ1n) is 8.62. The summed E-state index contributed by atoms with van der Waals surface area (Å²) in [6, 6.07) is 9.91. The molecule has 0 bridgehead atoms. The summed E-state index contributed by atoms with van der Waals surface area (Å²) >= 11 is 0. The van der Waals surface area contributed by atoms with E-state index in [2.05, 4.69) is 43.3 Å². The third-order valence-corrected chi connectivity index (χ3v) is 4.90. The number of benzene rings is 1. The molecule has 5 heteroatoms. The predicted octanol–water partition coefficient (Wildman–Crippen LogP) is 3.42. The number of rotatable bonds is 5. The van der Waals surface area contributed by atoms with Gasteiger partial charge >= 0.3 is 0 Å². The highest BCUT2D eigenvalue weighted by molar-refractivity contribution is 7.27. The molecule has 0 N–H and O–H groups in total. The first kappa shape index (κ1) is 16.8. The summed E-state index contributed by atoms with van der Waals surface area (Å²) in [7, 11) is 4.71. The van der Waals surface area contributed by atoms with E-state index in [1.54, 1.807) is 12.5 Å². The molecule has 0 aliphatic heterocycles. The number of aromatic nitrogens is 3. The second kappa shape index (κ2) is 6.94. The molecular formula is C21H20N3OP. The Hall–Kier alpha value is -2.63. The van der Waals surface area contributed by atoms with E-state index in [4.69, 9.17) is 11.2 Å². The van der Waals surface area contributed by atoms with E-state index in [9.17, 15) is 0 Å². The quantitative estimate of drug-likeness (QED) is 0.516. The topological polar surface area (TPSA) is 39.9 Å². The second-order valence-electron chi connectivity index (χ2n) is 6.64. The Morgan fingerprint density at radius 2 is 2.12 bits per heavy atom. The van der Waals surface area contributed by atoms with Crippen LogP contribution in [0.5, 0.6) is 5.75 Å². The molecule has 0 radical (unpaired) electrons. The number of hydrogen-bond donors (Lipinski definition) is 0. The lowest BCUT2D eigenvalue weighted by molar-refractivity contribution is 0.301. The molecule has 1 aliphatic rings. The molecule has 1 saturated carbocycles. The molecule has 1 aromatic carbocycles. The monoisotopic (exact) mass is 361 g/mol. The first-order valence-corrected chi connectivity index (χ1v) is 9.20. The van der Waals surface area contributed by atoms with Crippen molar-refractivity contribution in [3.63, 3.8) is 0 Å². The lowest BCUT2D eigenvalue weighted by Gasteiger charge is -2.14. The van der Waals surface area contributed by atoms with Crippen molar-refractivity contribution in [3.8, 4) is 40.7 Å². The van der Waals surface area contributed by atoms with Gasteiger partial charge in [-0.1, -0.05) is 12.0 Å². The van der Waals surface area contributed by atoms with Crippen LogP contribution in [-0.2, 0) is 7.05 Å². The Morgan fingerprint density at radius 3 is 2.88 bits per heavy atom. The molecule has 1 unspecified atom stereocenters. The van der Waals surface area contributed by atoms with Crippen molar-refractivity contribution in [2.45, 2.75) is 12.8 Å². The first-order chi connectivity index (χ1) is 12.7. The van der Waals surface area contributed by atoms with Gasteiger partial charge in [0.25, 0.3) is 0 Å². The number of nitrogens with zero attached hydrogens (tertiary/aromatic N) is 3. The van der Waals surface area contributed by atoms with E-state index in [-0.39, 0.29) is 0 Å². The van der Waals surface area contributed by atoms with Gasteiger partial charge in [-0.05, 0) is 48.3 Å². The van der Waals surface area contributed by atoms with Crippen molar-refractivity contribution in [3.05, 3.63) is 48.4 Å². The Balaban J connectivity index is 1.81. The minimum atomic E-state index is 0.691. The zero-order valence-electron chi connectivity index (χ0n) is 14.6. The average molecular weight is 361 g/mol. The highest BCUT2D eigenvalue weighted by Gasteiger charge is 2.24. The Kier molecular flexibility index (Phi) is 4.49. The molecule has 3 aromatic rings. The predicted molar refractivity (Wildman–Crippen MR) is 107 cm³/mol. The van der Waals surface area contributed by atoms with Crippen LogP contribution in [0.2, 0.25) is 0 Å². The number of imidazole rings is 1. The molecule has 1 fully saturated rings. The summed E-state index contributed by atoms with van der Waals surface area (Å²) < 4.78 is 8.15. The van der Waals surface area contributed by atoms with Crippen LogP contribution in [-0.4, -0.2) is 21.1 Å². The van der Waals surface area contributed by atoms with Crippen molar-refractivity contribution in [1.29, 1.82) is 0 Å². The van der Waals surface area contributed by atoms with Crippen molar-refractivity contribution < 1.29 is 4.74 Å². The summed E-state index contributed by atoms with van der Waals surface area (Å²) in [6.07, 6.45) is 11.6. The van der Waals surface area contributed by atoms with Crippen LogP contribution in [0.3, 0.4) is 0 Å². The Labute approximate surface area is 155 Å². The van der Waals surface area contributed by atoms with Crippen LogP contribution in [0, 0.1) is 18.3 Å². The maximum absolute atomic E-state index is 6.15. The molecule has 0 spiro atoms. The van der Waals surface area contributed by atoms with Crippen molar-refractivity contribution in [2.24, 2.45) is 13.0 Å². The van der Waals surface area contributed by atoms with Gasteiger partial charge in [-0.25, -0.2) is 4.98 Å². The minimum Gasteiger partial charge on any atom is -0.493 e. The lowest BCUT2D eigenvalue weighted by atomic mass is 10.1. The fraction of sp³-hybridized carbons (Fsp3) is 0.238. The fourth-order valence-corrected chi connectivity index (χ4v) is 3.18. The van der Waals surface area contributed by atoms with Crippen LogP contribution < -0.4 is 10.0 Å². The van der Waals surface area contributed by atoms with E-state index < -0.39 is 0 Å². The van der Waals surface area contributed by atoms with Crippen LogP contribution >= 0.6 is 9.24 Å². The average Bonchev–Trinajstić information content (AvgIpc) is 3.41. The van der Waals surface area contributed by atoms with Gasteiger partial charge in [0.05, 0.1) is 24.3 Å². The molecular weight excluding hydrogens is 341 g/mol. The van der Waals surface area contributed by atoms with Crippen molar-refractivity contribution in [1.82, 2.24) is 14.5 Å². The lowest BCUT2D eigenvalue weighted by Crippen LogP contribution is -2.04. The van der Waals surface area contributed by atoms with E-state index in [0.29, 0.717) is 5.92 Å². The van der Waals surface area contributed by atoms with E-state index in [1.807, 2.05) is 23.7 Å². The van der Waals surface area contributed by atoms with Crippen LogP contribution in [0.15, 0.2) is 42.9 Å². The maximum atomic E-state index is 6.15. The smallest absolute Gasteiger partial charge is 0.129 e. The number of aryl methyl sites for hydroxylation is 1. The van der Waals surface area contributed by atoms with Crippen molar-refractivity contribution >= 4 is 14.5 Å². The van der Waals surface area contributed by atoms with Gasteiger partial charge in [-0.3, -0.25) is 4.98 Å². The Bertz CT molecular complexity index is 999. The highest BCUT2D eigenvalue weighted by Crippen LogP contribution is 2.37. The molecule has 1 atom stereocenters. The third-order valence-electron chi connectivity index (χ3n) is 4.54. The van der Waals surface area contributed by atoms with E-state index in [1.165, 1.54) is 12.8 Å². The van der Waals surface area contributed by atoms with Gasteiger partial charge in [0.1, 0.15) is 11.4 Å². The van der Waals surface area contributed by atoms with Gasteiger partial charge in [0, 0.05) is 24.4 Å². The largest absolute Gasteiger partial charge is 0.493 e. The van der Waals surface area contributed by atoms with Gasteiger partial charge < -0.3 is 9.30 Å². The number of terminal acetylenes is 1. The molecule has 0 amide bonds. The number of ether oxygens (including phenoxy) is 1. The van der Waals surface area contributed by atoms with Crippen molar-refractivity contribution in [2.75, 3.05) is 6.61 Å². The molecule has 4 nitrogen and oxygen atoms in total. The molecule has 2 heterocycles. The van der Waals surface area contributed by atoms with E-state index in [0.717, 1.165) is 45.9 Å². The second-order valence-corrected chi connectivity index (χ2v) is 7.30. The fourth-order valence-electron chi connectivity index (χ4n) is 2.93. The SMILES string of the molecule is C#Cc1ccnc(-c2ncn(C)c2-c2ccc(P)cc2OCC2CC2)c1. The number of pyridine rings is 1. The summed E-state index contributed by atoms with van der Waals surface area (Å²) in [5.74, 6) is 4.23. The summed E-state index contributed by atoms with van der Waals surface area (Å²) in [5, 5.41) is 1.09. The molecule has 1 aliphatic carbocycles. The molecule has 0 saturated heterocycles. The molecule has 4 rings (SSSR count). The van der Waals surface area contributed by atoms with Gasteiger partial charge in [-0.2, -0.15) is 0 Å². The van der Waals surface area contributed by atoms with Gasteiger partial charge in [-0.15, -0.1) is 15.7 Å². The maximum Gasteiger partial charge on any atom is 0.129 e. The standard InChI is InChI=1S/C21H20N3OP/c1-3-14-8-9-22-18(10-14)20-21(24(2)13-23-20)17-7-6-16(26)11-19(17)25-12-15-4-5-15/h1,6-11,13,15H,4-5,12,26H2,2H3. The molecule has 2 aromatic heterocycles. The zero-order chi connectivity index (χ0) is 18.1. The highest BCUT2D eigenvalue weighted by atomic mass is 31.0. The normalized spacial score (nSPS) is 13.4. The van der Waals surface area contributed by atoms with Crippen LogP contribution in [0.4, 0.5) is 0 Å². The third kappa shape index (κ3) is 3.36. The van der Waals surface area contributed by atoms with Crippen LogP contribution in [0.1, 0.15) is 18.4 Å². The minimum absolute atomic E-state index is 0.691. The zero-order valence-corrected chi connectivity index (χ0v) is 15.8. The van der Waals surface area contributed by atoms with Crippen LogP contribution in [0.25, 0.3) is 22.6 Å². The molecule has 26 heavy (non-hydrogen) atoms. The number of hydrogen-bond acceptors (Lipinski definition) is 3. The summed E-state index contributed by atoms with van der Waals surface area (Å²) in [5.41, 5.74) is 4.34. The van der Waals surface area contributed by atoms with E-state index >= 15 is 0 Å². The summed E-state index contributed by atoms with van der Waals surface area (Å²) in [6.45, 7) is 0.763. The summed E-state index contributed by atoms with van der Waals surface area (Å²) in [4.78, 5) is 9.05. The Morgan fingerprint density at radius 1 is 1.27 bits per heavy atom. The van der Waals surface area contributed by atoms with Gasteiger partial charge in [0.2, 0.25) is 0 Å². The molecule has 130 valence electrons. The van der Waals surface area contributed by atoms with Gasteiger partial charge in [0.15, 0.2) is 0 Å².